The summed E-state index contributed by atoms with van der Waals surface area (Å²) >= 11 is 7.53. The monoisotopic (exact) mass is 439 g/mol. The number of halogens is 1. The lowest BCUT2D eigenvalue weighted by molar-refractivity contribution is 0.0699. The molecule has 154 valence electrons. The van der Waals surface area contributed by atoms with Crippen LogP contribution in [0.3, 0.4) is 0 Å². The number of nitrogens with zero attached hydrogens (tertiary/aromatic N) is 5. The number of benzene rings is 1. The molecule has 0 unspecified atom stereocenters. The topological polar surface area (TPSA) is 56.0 Å². The van der Waals surface area contributed by atoms with Crippen LogP contribution in [0.5, 0.6) is 0 Å². The number of hydrogen-bond acceptors (Lipinski definition) is 4. The van der Waals surface area contributed by atoms with Crippen molar-refractivity contribution in [3.8, 4) is 0 Å². The Morgan fingerprint density at radius 2 is 2.00 bits per heavy atom. The molecule has 0 aliphatic carbocycles. The average molecular weight is 440 g/mol. The van der Waals surface area contributed by atoms with Crippen LogP contribution >= 0.6 is 22.9 Å². The number of thiophene rings is 1. The third kappa shape index (κ3) is 3.63. The van der Waals surface area contributed by atoms with Gasteiger partial charge in [-0.05, 0) is 43.5 Å². The van der Waals surface area contributed by atoms with Gasteiger partial charge in [-0.2, -0.15) is 5.10 Å². The van der Waals surface area contributed by atoms with E-state index in [1.807, 2.05) is 65.6 Å². The molecule has 4 heterocycles. The maximum absolute atomic E-state index is 13.2. The highest BCUT2D eigenvalue weighted by Crippen LogP contribution is 2.31. The van der Waals surface area contributed by atoms with Gasteiger partial charge in [-0.15, -0.1) is 11.3 Å². The first-order valence-corrected chi connectivity index (χ1v) is 11.3. The van der Waals surface area contributed by atoms with Gasteiger partial charge < -0.3 is 9.47 Å². The molecule has 1 aromatic carbocycles. The van der Waals surface area contributed by atoms with Crippen molar-refractivity contribution in [1.82, 2.24) is 24.2 Å². The smallest absolute Gasteiger partial charge is 0.264 e. The summed E-state index contributed by atoms with van der Waals surface area (Å²) in [7, 11) is 0. The van der Waals surface area contributed by atoms with Crippen LogP contribution in [-0.4, -0.2) is 43.2 Å². The summed E-state index contributed by atoms with van der Waals surface area (Å²) in [6.07, 6.45) is 7.59. The summed E-state index contributed by atoms with van der Waals surface area (Å²) < 4.78 is 4.14. The van der Waals surface area contributed by atoms with Gasteiger partial charge in [0, 0.05) is 41.9 Å². The fraction of sp³-hybridized carbons (Fsp3) is 0.318. The third-order valence-electron chi connectivity index (χ3n) is 5.76. The van der Waals surface area contributed by atoms with Gasteiger partial charge in [-0.3, -0.25) is 9.48 Å². The molecule has 0 saturated carbocycles. The molecule has 1 aliphatic heterocycles. The van der Waals surface area contributed by atoms with E-state index >= 15 is 0 Å². The Morgan fingerprint density at radius 1 is 1.23 bits per heavy atom. The van der Waals surface area contributed by atoms with Gasteiger partial charge in [0.2, 0.25) is 0 Å². The van der Waals surface area contributed by atoms with Crippen LogP contribution in [0.25, 0.3) is 10.2 Å². The molecule has 30 heavy (non-hydrogen) atoms. The second kappa shape index (κ2) is 7.89. The molecule has 1 saturated heterocycles. The molecule has 1 fully saturated rings. The van der Waals surface area contributed by atoms with Crippen molar-refractivity contribution in [3.63, 3.8) is 0 Å². The van der Waals surface area contributed by atoms with Gasteiger partial charge in [0.15, 0.2) is 0 Å². The van der Waals surface area contributed by atoms with E-state index in [9.17, 15) is 4.79 Å². The second-order valence-corrected chi connectivity index (χ2v) is 9.20. The number of carbonyl (C=O) groups excluding carboxylic acids is 1. The summed E-state index contributed by atoms with van der Waals surface area (Å²) in [5.41, 5.74) is 2.08. The maximum Gasteiger partial charge on any atom is 0.264 e. The lowest BCUT2D eigenvalue weighted by atomic mass is 10.0. The predicted molar refractivity (Wildman–Crippen MR) is 119 cm³/mol. The minimum Gasteiger partial charge on any atom is -0.338 e. The highest BCUT2D eigenvalue weighted by Gasteiger charge is 2.26. The van der Waals surface area contributed by atoms with E-state index in [1.165, 1.54) is 11.3 Å². The number of rotatable bonds is 4. The normalized spacial score (nSPS) is 15.2. The van der Waals surface area contributed by atoms with Crippen LogP contribution < -0.4 is 0 Å². The number of fused-ring (bicyclic) bond motifs is 1. The Balaban J connectivity index is 1.33. The first-order chi connectivity index (χ1) is 14.6. The van der Waals surface area contributed by atoms with Crippen molar-refractivity contribution in [2.45, 2.75) is 32.4 Å². The quantitative estimate of drug-likeness (QED) is 0.459. The molecule has 1 aliphatic rings. The number of carbonyl (C=O) groups is 1. The van der Waals surface area contributed by atoms with E-state index in [0.29, 0.717) is 12.6 Å². The Hall–Kier alpha value is -2.64. The highest BCUT2D eigenvalue weighted by molar-refractivity contribution is 7.20. The molecule has 0 radical (unpaired) electrons. The van der Waals surface area contributed by atoms with Gasteiger partial charge >= 0.3 is 0 Å². The minimum atomic E-state index is 0.123. The van der Waals surface area contributed by atoms with Crippen molar-refractivity contribution in [2.24, 2.45) is 0 Å². The van der Waals surface area contributed by atoms with Crippen LogP contribution in [0, 0.1) is 6.92 Å². The van der Waals surface area contributed by atoms with Crippen LogP contribution in [-0.2, 0) is 6.54 Å². The number of amides is 1. The van der Waals surface area contributed by atoms with E-state index in [2.05, 4.69) is 14.6 Å². The van der Waals surface area contributed by atoms with Crippen molar-refractivity contribution in [1.29, 1.82) is 0 Å². The van der Waals surface area contributed by atoms with Crippen molar-refractivity contribution >= 4 is 39.1 Å². The van der Waals surface area contributed by atoms with Crippen LogP contribution in [0.1, 0.15) is 39.8 Å². The Bertz CT molecular complexity index is 1170. The zero-order chi connectivity index (χ0) is 20.7. The Labute approximate surface area is 183 Å². The maximum atomic E-state index is 13.2. The SMILES string of the molecule is Cc1nn(Cc2ccc(Cl)cc2)c2sc(C(=O)N3CCC(n4ccnc4)CC3)cc12. The fourth-order valence-corrected chi connectivity index (χ4v) is 5.35. The summed E-state index contributed by atoms with van der Waals surface area (Å²) in [5.74, 6) is 0.123. The molecule has 1 amide bonds. The van der Waals surface area contributed by atoms with Crippen LogP contribution in [0.4, 0.5) is 0 Å². The summed E-state index contributed by atoms with van der Waals surface area (Å²) in [5, 5.41) is 6.46. The number of likely N-dealkylation sites (tertiary alicyclic amines) is 1. The van der Waals surface area contributed by atoms with Crippen LogP contribution in [0.2, 0.25) is 5.02 Å². The fourth-order valence-electron chi connectivity index (χ4n) is 4.10. The first kappa shape index (κ1) is 19.3. The van der Waals surface area contributed by atoms with E-state index in [1.54, 1.807) is 0 Å². The van der Waals surface area contributed by atoms with Gasteiger partial charge in [-0.25, -0.2) is 4.98 Å². The second-order valence-electron chi connectivity index (χ2n) is 7.73. The van der Waals surface area contributed by atoms with Crippen molar-refractivity contribution in [2.75, 3.05) is 13.1 Å². The average Bonchev–Trinajstić information content (AvgIpc) is 3.49. The number of piperidine rings is 1. The van der Waals surface area contributed by atoms with Crippen molar-refractivity contribution < 1.29 is 4.79 Å². The molecule has 0 bridgehead atoms. The third-order valence-corrected chi connectivity index (χ3v) is 7.15. The highest BCUT2D eigenvalue weighted by atomic mass is 35.5. The summed E-state index contributed by atoms with van der Waals surface area (Å²) in [6, 6.07) is 10.2. The van der Waals surface area contributed by atoms with Gasteiger partial charge in [-0.1, -0.05) is 23.7 Å². The number of aromatic nitrogens is 4. The number of imidazole rings is 1. The largest absolute Gasteiger partial charge is 0.338 e. The summed E-state index contributed by atoms with van der Waals surface area (Å²) in [6.45, 7) is 4.20. The zero-order valence-electron chi connectivity index (χ0n) is 16.7. The lowest BCUT2D eigenvalue weighted by Crippen LogP contribution is -2.38. The molecule has 6 nitrogen and oxygen atoms in total. The Kier molecular flexibility index (Phi) is 5.08. The molecular weight excluding hydrogens is 418 g/mol. The van der Waals surface area contributed by atoms with Crippen LogP contribution in [0.15, 0.2) is 49.1 Å². The molecule has 4 aromatic rings. The van der Waals surface area contributed by atoms with E-state index in [0.717, 1.165) is 57.3 Å². The molecular formula is C22H22ClN5OS. The molecule has 0 atom stereocenters. The minimum absolute atomic E-state index is 0.123. The number of aryl methyl sites for hydroxylation is 1. The molecule has 8 heteroatoms. The standard InChI is InChI=1S/C22H22ClN5OS/c1-15-19-12-20(21(29)26-9-6-18(7-10-26)27-11-8-24-14-27)30-22(19)28(25-15)13-16-2-4-17(23)5-3-16/h2-5,8,11-12,14,18H,6-7,9-10,13H2,1H3. The molecule has 0 N–H and O–H groups in total. The van der Waals surface area contributed by atoms with Gasteiger partial charge in [0.05, 0.1) is 23.4 Å². The molecule has 0 spiro atoms. The van der Waals surface area contributed by atoms with Gasteiger partial charge in [0.1, 0.15) is 4.83 Å². The molecule has 5 rings (SSSR count). The molecule has 3 aromatic heterocycles. The lowest BCUT2D eigenvalue weighted by Gasteiger charge is -2.32. The van der Waals surface area contributed by atoms with E-state index in [4.69, 9.17) is 11.6 Å². The first-order valence-electron chi connectivity index (χ1n) is 10.1. The Morgan fingerprint density at radius 3 is 2.70 bits per heavy atom. The summed E-state index contributed by atoms with van der Waals surface area (Å²) in [4.78, 5) is 21.1. The van der Waals surface area contributed by atoms with E-state index in [-0.39, 0.29) is 5.91 Å². The van der Waals surface area contributed by atoms with Gasteiger partial charge in [0.25, 0.3) is 5.91 Å². The number of hydrogen-bond donors (Lipinski definition) is 0. The predicted octanol–water partition coefficient (Wildman–Crippen LogP) is 4.78. The zero-order valence-corrected chi connectivity index (χ0v) is 18.2. The van der Waals surface area contributed by atoms with E-state index < -0.39 is 0 Å². The van der Waals surface area contributed by atoms with Crippen molar-refractivity contribution in [3.05, 3.63) is 70.2 Å².